The largest absolute Gasteiger partial charge is 0.326 e. The van der Waals surface area contributed by atoms with Gasteiger partial charge in [0.25, 0.3) is 0 Å². The molecular formula is C11H11NO. The van der Waals surface area contributed by atoms with Crippen molar-refractivity contribution in [3.8, 4) is 12.3 Å². The third-order valence-corrected chi connectivity index (χ3v) is 1.85. The van der Waals surface area contributed by atoms with Crippen LogP contribution in [0.2, 0.25) is 0 Å². The van der Waals surface area contributed by atoms with Gasteiger partial charge >= 0.3 is 0 Å². The molecular weight excluding hydrogens is 162 g/mol. The second kappa shape index (κ2) is 4.44. The van der Waals surface area contributed by atoms with E-state index in [1.807, 2.05) is 24.3 Å². The maximum absolute atomic E-state index is 11.0. The Hall–Kier alpha value is -1.59. The highest BCUT2D eigenvalue weighted by molar-refractivity contribution is 5.96. The molecule has 13 heavy (non-hydrogen) atoms. The highest BCUT2D eigenvalue weighted by Gasteiger charge is 2.03. The maximum Gasteiger partial charge on any atom is 0.209 e. The fraction of sp³-hybridized carbons (Fsp3) is 0.182. The molecule has 0 bridgehead atoms. The monoisotopic (exact) mass is 173 g/mol. The standard InChI is InChI=1S/C11H11NO/c1-2-11(13)7-9-5-3-4-6-10(9)8-12/h1,3-6H,7-8,12H2. The number of Topliss-reactive ketones (excluding diaryl/α,β-unsaturated/α-hetero) is 1. The molecule has 0 aliphatic rings. The Bertz CT molecular complexity index is 349. The summed E-state index contributed by atoms with van der Waals surface area (Å²) in [5.74, 6) is 1.88. The van der Waals surface area contributed by atoms with E-state index in [-0.39, 0.29) is 12.2 Å². The Morgan fingerprint density at radius 2 is 2.00 bits per heavy atom. The minimum absolute atomic E-state index is 0.208. The number of carbonyl (C=O) groups excluding carboxylic acids is 1. The van der Waals surface area contributed by atoms with E-state index >= 15 is 0 Å². The molecule has 2 heteroatoms. The van der Waals surface area contributed by atoms with Crippen LogP contribution in [0.25, 0.3) is 0 Å². The molecule has 0 unspecified atom stereocenters. The second-order valence-electron chi connectivity index (χ2n) is 2.72. The van der Waals surface area contributed by atoms with E-state index in [1.165, 1.54) is 0 Å². The molecule has 0 aliphatic heterocycles. The zero-order valence-corrected chi connectivity index (χ0v) is 7.29. The zero-order chi connectivity index (χ0) is 9.68. The molecule has 0 fully saturated rings. The first-order valence-electron chi connectivity index (χ1n) is 4.04. The Labute approximate surface area is 77.8 Å². The lowest BCUT2D eigenvalue weighted by Gasteiger charge is -2.03. The van der Waals surface area contributed by atoms with Crippen LogP contribution in [-0.2, 0) is 17.8 Å². The van der Waals surface area contributed by atoms with Gasteiger partial charge in [0.05, 0.1) is 0 Å². The summed E-state index contributed by atoms with van der Waals surface area (Å²) in [6.07, 6.45) is 5.26. The van der Waals surface area contributed by atoms with E-state index in [2.05, 4.69) is 5.92 Å². The third-order valence-electron chi connectivity index (χ3n) is 1.85. The van der Waals surface area contributed by atoms with Gasteiger partial charge in [0.1, 0.15) is 0 Å². The first-order valence-corrected chi connectivity index (χ1v) is 4.04. The van der Waals surface area contributed by atoms with Gasteiger partial charge in [0.15, 0.2) is 0 Å². The predicted molar refractivity (Wildman–Crippen MR) is 51.9 cm³/mol. The average molecular weight is 173 g/mol. The Morgan fingerprint density at radius 1 is 1.38 bits per heavy atom. The highest BCUT2D eigenvalue weighted by Crippen LogP contribution is 2.08. The Balaban J connectivity index is 2.88. The molecule has 0 spiro atoms. The van der Waals surface area contributed by atoms with Gasteiger partial charge in [-0.3, -0.25) is 4.79 Å². The van der Waals surface area contributed by atoms with E-state index in [9.17, 15) is 4.79 Å². The van der Waals surface area contributed by atoms with E-state index in [4.69, 9.17) is 12.2 Å². The van der Waals surface area contributed by atoms with E-state index in [0.717, 1.165) is 11.1 Å². The van der Waals surface area contributed by atoms with Gasteiger partial charge in [0, 0.05) is 13.0 Å². The van der Waals surface area contributed by atoms with Crippen LogP contribution in [0.15, 0.2) is 24.3 Å². The number of hydrogen-bond donors (Lipinski definition) is 1. The van der Waals surface area contributed by atoms with E-state index < -0.39 is 0 Å². The van der Waals surface area contributed by atoms with Gasteiger partial charge in [-0.1, -0.05) is 24.3 Å². The lowest BCUT2D eigenvalue weighted by molar-refractivity contribution is -0.113. The topological polar surface area (TPSA) is 43.1 Å². The molecule has 1 rings (SSSR count). The van der Waals surface area contributed by atoms with Crippen molar-refractivity contribution in [2.45, 2.75) is 13.0 Å². The van der Waals surface area contributed by atoms with Crippen LogP contribution < -0.4 is 5.73 Å². The minimum atomic E-state index is -0.208. The van der Waals surface area contributed by atoms with Gasteiger partial charge in [-0.2, -0.15) is 0 Å². The molecule has 0 radical (unpaired) electrons. The molecule has 1 aromatic rings. The fourth-order valence-corrected chi connectivity index (χ4v) is 1.15. The van der Waals surface area contributed by atoms with Gasteiger partial charge in [0.2, 0.25) is 5.78 Å². The summed E-state index contributed by atoms with van der Waals surface area (Å²) >= 11 is 0. The number of hydrogen-bond acceptors (Lipinski definition) is 2. The highest BCUT2D eigenvalue weighted by atomic mass is 16.1. The van der Waals surface area contributed by atoms with Crippen molar-refractivity contribution in [3.05, 3.63) is 35.4 Å². The minimum Gasteiger partial charge on any atom is -0.326 e. The molecule has 0 aliphatic carbocycles. The molecule has 66 valence electrons. The SMILES string of the molecule is C#CC(=O)Cc1ccccc1CN. The van der Waals surface area contributed by atoms with Crippen molar-refractivity contribution in [2.24, 2.45) is 5.73 Å². The van der Waals surface area contributed by atoms with Crippen LogP contribution >= 0.6 is 0 Å². The van der Waals surface area contributed by atoms with Crippen LogP contribution in [0.4, 0.5) is 0 Å². The van der Waals surface area contributed by atoms with E-state index in [1.54, 1.807) is 0 Å². The van der Waals surface area contributed by atoms with Crippen molar-refractivity contribution in [3.63, 3.8) is 0 Å². The summed E-state index contributed by atoms with van der Waals surface area (Å²) in [4.78, 5) is 11.0. The van der Waals surface area contributed by atoms with Gasteiger partial charge in [-0.15, -0.1) is 6.42 Å². The van der Waals surface area contributed by atoms with Crippen LogP contribution in [0.5, 0.6) is 0 Å². The van der Waals surface area contributed by atoms with Crippen LogP contribution in [0.1, 0.15) is 11.1 Å². The molecule has 1 aromatic carbocycles. The van der Waals surface area contributed by atoms with Gasteiger partial charge in [-0.25, -0.2) is 0 Å². The van der Waals surface area contributed by atoms with Crippen molar-refractivity contribution in [1.29, 1.82) is 0 Å². The van der Waals surface area contributed by atoms with Crippen molar-refractivity contribution >= 4 is 5.78 Å². The zero-order valence-electron chi connectivity index (χ0n) is 7.29. The van der Waals surface area contributed by atoms with Crippen molar-refractivity contribution in [1.82, 2.24) is 0 Å². The first kappa shape index (κ1) is 9.50. The van der Waals surface area contributed by atoms with Crippen LogP contribution in [0, 0.1) is 12.3 Å². The summed E-state index contributed by atoms with van der Waals surface area (Å²) in [6.45, 7) is 0.439. The lowest BCUT2D eigenvalue weighted by Crippen LogP contribution is -2.05. The summed E-state index contributed by atoms with van der Waals surface area (Å²) in [5.41, 5.74) is 7.41. The number of carbonyl (C=O) groups is 1. The van der Waals surface area contributed by atoms with Crippen molar-refractivity contribution in [2.75, 3.05) is 0 Å². The lowest BCUT2D eigenvalue weighted by atomic mass is 10.0. The molecule has 0 aromatic heterocycles. The predicted octanol–water partition coefficient (Wildman–Crippen LogP) is 0.890. The molecule has 0 atom stereocenters. The summed E-state index contributed by atoms with van der Waals surface area (Å²) in [7, 11) is 0. The fourth-order valence-electron chi connectivity index (χ4n) is 1.15. The van der Waals surface area contributed by atoms with Gasteiger partial charge < -0.3 is 5.73 Å². The average Bonchev–Trinajstić information content (AvgIpc) is 2.18. The van der Waals surface area contributed by atoms with Crippen LogP contribution in [-0.4, -0.2) is 5.78 Å². The molecule has 0 amide bonds. The number of nitrogens with two attached hydrogens (primary N) is 1. The second-order valence-corrected chi connectivity index (χ2v) is 2.72. The van der Waals surface area contributed by atoms with Gasteiger partial charge in [-0.05, 0) is 17.0 Å². The number of benzene rings is 1. The maximum atomic E-state index is 11.0. The Morgan fingerprint density at radius 3 is 2.54 bits per heavy atom. The molecule has 0 heterocycles. The summed E-state index contributed by atoms with van der Waals surface area (Å²) in [5, 5.41) is 0. The summed E-state index contributed by atoms with van der Waals surface area (Å²) in [6, 6.07) is 7.54. The normalized spacial score (nSPS) is 9.23. The first-order chi connectivity index (χ1) is 6.27. The molecule has 0 saturated heterocycles. The van der Waals surface area contributed by atoms with Crippen LogP contribution in [0.3, 0.4) is 0 Å². The quantitative estimate of drug-likeness (QED) is 0.545. The molecule has 0 saturated carbocycles. The third kappa shape index (κ3) is 2.43. The Kier molecular flexibility index (Phi) is 3.24. The summed E-state index contributed by atoms with van der Waals surface area (Å²) < 4.78 is 0. The molecule has 2 N–H and O–H groups in total. The van der Waals surface area contributed by atoms with Crippen molar-refractivity contribution < 1.29 is 4.79 Å². The van der Waals surface area contributed by atoms with E-state index in [0.29, 0.717) is 6.54 Å². The number of rotatable bonds is 3. The number of ketones is 1. The smallest absolute Gasteiger partial charge is 0.209 e. The number of terminal acetylenes is 1. The molecule has 2 nitrogen and oxygen atoms in total.